The van der Waals surface area contributed by atoms with E-state index in [-0.39, 0.29) is 0 Å². The highest BCUT2D eigenvalue weighted by molar-refractivity contribution is 5.78. The lowest BCUT2D eigenvalue weighted by Gasteiger charge is -2.11. The van der Waals surface area contributed by atoms with Crippen molar-refractivity contribution in [1.29, 1.82) is 0 Å². The van der Waals surface area contributed by atoms with E-state index in [4.69, 9.17) is 16.2 Å². The lowest BCUT2D eigenvalue weighted by atomic mass is 10.1. The summed E-state index contributed by atoms with van der Waals surface area (Å²) in [5, 5.41) is 0. The van der Waals surface area contributed by atoms with Crippen LogP contribution in [-0.4, -0.2) is 18.6 Å². The van der Waals surface area contributed by atoms with Crippen molar-refractivity contribution in [3.8, 4) is 5.75 Å². The number of ether oxygens (including phenoxy) is 1. The highest BCUT2D eigenvalue weighted by Gasteiger charge is 2.09. The number of rotatable bonds is 5. The van der Waals surface area contributed by atoms with Crippen LogP contribution in [0, 0.1) is 0 Å². The average molecular weight is 208 g/mol. The maximum Gasteiger partial charge on any atom is 0.258 e. The van der Waals surface area contributed by atoms with Crippen molar-refractivity contribution in [2.75, 3.05) is 6.54 Å². The zero-order valence-corrected chi connectivity index (χ0v) is 8.77. The third kappa shape index (κ3) is 3.59. The molecule has 0 fully saturated rings. The Balaban J connectivity index is 2.60. The van der Waals surface area contributed by atoms with Crippen molar-refractivity contribution in [2.24, 2.45) is 11.5 Å². The Hall–Kier alpha value is -1.55. The molecular weight excluding hydrogens is 192 g/mol. The fourth-order valence-electron chi connectivity index (χ4n) is 1.16. The summed E-state index contributed by atoms with van der Waals surface area (Å²) < 4.78 is 5.30. The molecule has 1 unspecified atom stereocenters. The van der Waals surface area contributed by atoms with Crippen molar-refractivity contribution in [2.45, 2.75) is 19.4 Å². The molecule has 0 aliphatic carbocycles. The fourth-order valence-corrected chi connectivity index (χ4v) is 1.16. The van der Waals surface area contributed by atoms with Gasteiger partial charge in [-0.1, -0.05) is 12.1 Å². The number of amides is 1. The molecule has 1 amide bonds. The van der Waals surface area contributed by atoms with E-state index < -0.39 is 12.0 Å². The molecule has 4 N–H and O–H groups in total. The summed E-state index contributed by atoms with van der Waals surface area (Å²) in [6.45, 7) is 2.24. The van der Waals surface area contributed by atoms with Crippen molar-refractivity contribution in [3.05, 3.63) is 29.8 Å². The van der Waals surface area contributed by atoms with Gasteiger partial charge in [0.25, 0.3) is 5.91 Å². The van der Waals surface area contributed by atoms with Gasteiger partial charge in [-0.25, -0.2) is 0 Å². The van der Waals surface area contributed by atoms with Gasteiger partial charge >= 0.3 is 0 Å². The molecule has 0 aliphatic rings. The third-order valence-electron chi connectivity index (χ3n) is 2.07. The molecule has 0 bridgehead atoms. The summed E-state index contributed by atoms with van der Waals surface area (Å²) in [6.07, 6.45) is 0.233. The van der Waals surface area contributed by atoms with Crippen LogP contribution >= 0.6 is 0 Å². The minimum atomic E-state index is -0.606. The minimum Gasteiger partial charge on any atom is -0.481 e. The summed E-state index contributed by atoms with van der Waals surface area (Å²) in [7, 11) is 0. The van der Waals surface area contributed by atoms with Gasteiger partial charge < -0.3 is 16.2 Å². The van der Waals surface area contributed by atoms with Crippen molar-refractivity contribution >= 4 is 5.91 Å². The zero-order chi connectivity index (χ0) is 11.3. The Labute approximate surface area is 89.2 Å². The Kier molecular flexibility index (Phi) is 4.12. The number of carbonyl (C=O) groups excluding carboxylic acids is 1. The summed E-state index contributed by atoms with van der Waals surface area (Å²) in [4.78, 5) is 10.8. The van der Waals surface area contributed by atoms with E-state index in [9.17, 15) is 4.79 Å². The monoisotopic (exact) mass is 208 g/mol. The third-order valence-corrected chi connectivity index (χ3v) is 2.07. The quantitative estimate of drug-likeness (QED) is 0.737. The van der Waals surface area contributed by atoms with E-state index >= 15 is 0 Å². The zero-order valence-electron chi connectivity index (χ0n) is 8.77. The second-order valence-electron chi connectivity index (χ2n) is 3.35. The van der Waals surface area contributed by atoms with Crippen LogP contribution < -0.4 is 16.2 Å². The minimum absolute atomic E-state index is 0.471. The first-order chi connectivity index (χ1) is 7.13. The van der Waals surface area contributed by atoms with Crippen LogP contribution in [0.1, 0.15) is 12.5 Å². The summed E-state index contributed by atoms with van der Waals surface area (Å²) in [6, 6.07) is 7.47. The van der Waals surface area contributed by atoms with E-state index in [1.807, 2.05) is 24.3 Å². The van der Waals surface area contributed by atoms with E-state index in [0.29, 0.717) is 12.3 Å². The maximum atomic E-state index is 10.8. The van der Waals surface area contributed by atoms with Gasteiger partial charge in [0.15, 0.2) is 6.10 Å². The molecule has 0 saturated heterocycles. The van der Waals surface area contributed by atoms with Crippen LogP contribution in [0.25, 0.3) is 0 Å². The molecule has 0 heterocycles. The first-order valence-corrected chi connectivity index (χ1v) is 4.88. The molecule has 1 rings (SSSR count). The van der Waals surface area contributed by atoms with Gasteiger partial charge in [-0.3, -0.25) is 4.79 Å². The highest BCUT2D eigenvalue weighted by Crippen LogP contribution is 2.13. The van der Waals surface area contributed by atoms with Crippen LogP contribution in [0.15, 0.2) is 24.3 Å². The lowest BCUT2D eigenvalue weighted by molar-refractivity contribution is -0.123. The van der Waals surface area contributed by atoms with E-state index in [0.717, 1.165) is 12.0 Å². The standard InChI is InChI=1S/C11H16N2O2/c1-8(11(13)14)15-10-4-2-9(3-5-10)6-7-12/h2-5,8H,6-7,12H2,1H3,(H2,13,14). The van der Waals surface area contributed by atoms with Crippen molar-refractivity contribution in [1.82, 2.24) is 0 Å². The van der Waals surface area contributed by atoms with Gasteiger partial charge in [0.05, 0.1) is 0 Å². The Bertz CT molecular complexity index is 322. The molecule has 1 atom stereocenters. The number of benzene rings is 1. The number of primary amides is 1. The van der Waals surface area contributed by atoms with E-state index in [1.54, 1.807) is 6.92 Å². The predicted molar refractivity (Wildman–Crippen MR) is 58.5 cm³/mol. The Morgan fingerprint density at radius 1 is 1.40 bits per heavy atom. The average Bonchev–Trinajstić information content (AvgIpc) is 2.21. The van der Waals surface area contributed by atoms with Crippen LogP contribution in [0.3, 0.4) is 0 Å². The first-order valence-electron chi connectivity index (χ1n) is 4.88. The molecule has 82 valence electrons. The fraction of sp³-hybridized carbons (Fsp3) is 0.364. The number of hydrogen-bond acceptors (Lipinski definition) is 3. The van der Waals surface area contributed by atoms with E-state index in [2.05, 4.69) is 0 Å². The number of hydrogen-bond donors (Lipinski definition) is 2. The first kappa shape index (κ1) is 11.5. The normalized spacial score (nSPS) is 12.1. The van der Waals surface area contributed by atoms with Crippen LogP contribution in [-0.2, 0) is 11.2 Å². The van der Waals surface area contributed by atoms with Gasteiger partial charge in [-0.15, -0.1) is 0 Å². The Morgan fingerprint density at radius 3 is 2.47 bits per heavy atom. The SMILES string of the molecule is CC(Oc1ccc(CCN)cc1)C(N)=O. The van der Waals surface area contributed by atoms with Gasteiger partial charge in [0.1, 0.15) is 5.75 Å². The van der Waals surface area contributed by atoms with Gasteiger partial charge in [0, 0.05) is 0 Å². The second kappa shape index (κ2) is 5.36. The maximum absolute atomic E-state index is 10.8. The molecular formula is C11H16N2O2. The second-order valence-corrected chi connectivity index (χ2v) is 3.35. The molecule has 15 heavy (non-hydrogen) atoms. The Morgan fingerprint density at radius 2 is 2.00 bits per heavy atom. The molecule has 0 aromatic heterocycles. The van der Waals surface area contributed by atoms with Crippen LogP contribution in [0.4, 0.5) is 0 Å². The molecule has 0 saturated carbocycles. The molecule has 1 aromatic rings. The molecule has 4 heteroatoms. The van der Waals surface area contributed by atoms with E-state index in [1.165, 1.54) is 0 Å². The molecule has 0 aliphatic heterocycles. The molecule has 0 radical (unpaired) electrons. The van der Waals surface area contributed by atoms with Crippen LogP contribution in [0.2, 0.25) is 0 Å². The van der Waals surface area contributed by atoms with Crippen molar-refractivity contribution in [3.63, 3.8) is 0 Å². The molecule has 4 nitrogen and oxygen atoms in total. The summed E-state index contributed by atoms with van der Waals surface area (Å²) in [5.74, 6) is 0.170. The van der Waals surface area contributed by atoms with Gasteiger partial charge in [-0.05, 0) is 37.6 Å². The number of nitrogens with two attached hydrogens (primary N) is 2. The number of carbonyl (C=O) groups is 1. The van der Waals surface area contributed by atoms with Gasteiger partial charge in [0.2, 0.25) is 0 Å². The highest BCUT2D eigenvalue weighted by atomic mass is 16.5. The summed E-state index contributed by atoms with van der Waals surface area (Å²) >= 11 is 0. The summed E-state index contributed by atoms with van der Waals surface area (Å²) in [5.41, 5.74) is 11.7. The molecule has 1 aromatic carbocycles. The largest absolute Gasteiger partial charge is 0.481 e. The molecule has 0 spiro atoms. The smallest absolute Gasteiger partial charge is 0.258 e. The predicted octanol–water partition coefficient (Wildman–Crippen LogP) is 0.440. The topological polar surface area (TPSA) is 78.3 Å². The van der Waals surface area contributed by atoms with Crippen molar-refractivity contribution < 1.29 is 9.53 Å². The van der Waals surface area contributed by atoms with Gasteiger partial charge in [-0.2, -0.15) is 0 Å². The lowest BCUT2D eigenvalue weighted by Crippen LogP contribution is -2.30. The van der Waals surface area contributed by atoms with Crippen LogP contribution in [0.5, 0.6) is 5.75 Å².